The van der Waals surface area contributed by atoms with E-state index in [1.165, 1.54) is 30.4 Å². The standard InChI is InChI=1S/C20H24N2O2/c1-21-19(23)9-13-24-15-18-14-17(8-12-22-18)20(10-5-11-20)16-6-3-2-4-7-16/h2-4,6-8,12,14H,5,9-11,13,15H2,1H3,(H,21,23). The summed E-state index contributed by atoms with van der Waals surface area (Å²) < 4.78 is 5.59. The molecule has 0 atom stereocenters. The molecule has 1 aliphatic rings. The first-order chi connectivity index (χ1) is 11.7. The van der Waals surface area contributed by atoms with Crippen LogP contribution >= 0.6 is 0 Å². The number of carbonyl (C=O) groups is 1. The van der Waals surface area contributed by atoms with Crippen molar-refractivity contribution in [2.45, 2.75) is 37.7 Å². The third-order valence-corrected chi connectivity index (χ3v) is 4.90. The predicted octanol–water partition coefficient (Wildman–Crippen LogP) is 3.20. The molecule has 0 unspecified atom stereocenters. The molecular weight excluding hydrogens is 300 g/mol. The average Bonchev–Trinajstić information content (AvgIpc) is 2.59. The highest BCUT2D eigenvalue weighted by atomic mass is 16.5. The summed E-state index contributed by atoms with van der Waals surface area (Å²) in [6.07, 6.45) is 5.87. The number of pyridine rings is 1. The van der Waals surface area contributed by atoms with Crippen molar-refractivity contribution in [3.8, 4) is 0 Å². The summed E-state index contributed by atoms with van der Waals surface area (Å²) in [5.41, 5.74) is 3.75. The first-order valence-corrected chi connectivity index (χ1v) is 8.54. The van der Waals surface area contributed by atoms with Crippen LogP contribution in [-0.4, -0.2) is 24.5 Å². The number of nitrogens with one attached hydrogen (secondary N) is 1. The minimum atomic E-state index is -0.00536. The summed E-state index contributed by atoms with van der Waals surface area (Å²) in [5.74, 6) is -0.00536. The van der Waals surface area contributed by atoms with Crippen LogP contribution in [0.3, 0.4) is 0 Å². The van der Waals surface area contributed by atoms with E-state index in [9.17, 15) is 4.79 Å². The summed E-state index contributed by atoms with van der Waals surface area (Å²) in [7, 11) is 1.63. The lowest BCUT2D eigenvalue weighted by Crippen LogP contribution is -2.35. The van der Waals surface area contributed by atoms with Gasteiger partial charge in [-0.1, -0.05) is 36.8 Å². The number of nitrogens with zero attached hydrogens (tertiary/aromatic N) is 1. The van der Waals surface area contributed by atoms with Gasteiger partial charge in [0.1, 0.15) is 0 Å². The molecule has 1 heterocycles. The van der Waals surface area contributed by atoms with Crippen LogP contribution in [0.2, 0.25) is 0 Å². The van der Waals surface area contributed by atoms with Gasteiger partial charge in [-0.3, -0.25) is 9.78 Å². The SMILES string of the molecule is CNC(=O)CCOCc1cc(C2(c3ccccc3)CCC2)ccn1. The zero-order valence-corrected chi connectivity index (χ0v) is 14.1. The maximum absolute atomic E-state index is 11.2. The van der Waals surface area contributed by atoms with Crippen molar-refractivity contribution in [1.82, 2.24) is 10.3 Å². The van der Waals surface area contributed by atoms with Crippen LogP contribution in [0.15, 0.2) is 48.7 Å². The Morgan fingerprint density at radius 3 is 2.67 bits per heavy atom. The molecule has 3 rings (SSSR count). The molecule has 0 spiro atoms. The van der Waals surface area contributed by atoms with Gasteiger partial charge in [-0.05, 0) is 36.1 Å². The lowest BCUT2D eigenvalue weighted by Gasteiger charge is -2.43. The zero-order chi connectivity index (χ0) is 16.8. The number of rotatable bonds is 7. The molecule has 0 bridgehead atoms. The highest BCUT2D eigenvalue weighted by molar-refractivity contribution is 5.75. The largest absolute Gasteiger partial charge is 0.375 e. The van der Waals surface area contributed by atoms with Gasteiger partial charge in [0.05, 0.1) is 18.9 Å². The first kappa shape index (κ1) is 16.7. The van der Waals surface area contributed by atoms with Crippen molar-refractivity contribution in [3.63, 3.8) is 0 Å². The topological polar surface area (TPSA) is 51.2 Å². The van der Waals surface area contributed by atoms with E-state index < -0.39 is 0 Å². The molecule has 4 heteroatoms. The minimum Gasteiger partial charge on any atom is -0.375 e. The molecule has 24 heavy (non-hydrogen) atoms. The van der Waals surface area contributed by atoms with Crippen LogP contribution in [0.25, 0.3) is 0 Å². The van der Waals surface area contributed by atoms with E-state index in [-0.39, 0.29) is 11.3 Å². The Kier molecular flexibility index (Phi) is 5.26. The lowest BCUT2D eigenvalue weighted by molar-refractivity contribution is -0.121. The van der Waals surface area contributed by atoms with Gasteiger partial charge in [-0.15, -0.1) is 0 Å². The molecule has 1 aromatic carbocycles. The van der Waals surface area contributed by atoms with Gasteiger partial charge in [-0.2, -0.15) is 0 Å². The van der Waals surface area contributed by atoms with Gasteiger partial charge in [0.2, 0.25) is 5.91 Å². The summed E-state index contributed by atoms with van der Waals surface area (Å²) >= 11 is 0. The van der Waals surface area contributed by atoms with Gasteiger partial charge >= 0.3 is 0 Å². The monoisotopic (exact) mass is 324 g/mol. The van der Waals surface area contributed by atoms with E-state index in [2.05, 4.69) is 52.8 Å². The van der Waals surface area contributed by atoms with Gasteiger partial charge in [0, 0.05) is 25.1 Å². The van der Waals surface area contributed by atoms with E-state index in [0.29, 0.717) is 19.6 Å². The molecule has 1 aromatic heterocycles. The molecule has 1 saturated carbocycles. The number of aromatic nitrogens is 1. The molecule has 0 radical (unpaired) electrons. The van der Waals surface area contributed by atoms with Crippen molar-refractivity contribution < 1.29 is 9.53 Å². The summed E-state index contributed by atoms with van der Waals surface area (Å²) in [6, 6.07) is 15.0. The molecule has 0 aliphatic heterocycles. The van der Waals surface area contributed by atoms with Crippen molar-refractivity contribution in [2.24, 2.45) is 0 Å². The Morgan fingerprint density at radius 1 is 1.21 bits per heavy atom. The Labute approximate surface area is 143 Å². The van der Waals surface area contributed by atoms with Crippen molar-refractivity contribution in [1.29, 1.82) is 0 Å². The molecule has 1 fully saturated rings. The summed E-state index contributed by atoms with van der Waals surface area (Å²) in [5, 5.41) is 2.59. The number of amides is 1. The van der Waals surface area contributed by atoms with Crippen LogP contribution in [0.5, 0.6) is 0 Å². The highest BCUT2D eigenvalue weighted by Crippen LogP contribution is 2.48. The Hall–Kier alpha value is -2.20. The third-order valence-electron chi connectivity index (χ3n) is 4.90. The van der Waals surface area contributed by atoms with Crippen LogP contribution in [0, 0.1) is 0 Å². The zero-order valence-electron chi connectivity index (χ0n) is 14.1. The number of ether oxygens (including phenoxy) is 1. The lowest BCUT2D eigenvalue weighted by atomic mass is 9.61. The molecule has 1 aliphatic carbocycles. The average molecular weight is 324 g/mol. The number of hydrogen-bond acceptors (Lipinski definition) is 3. The number of carbonyl (C=O) groups excluding carboxylic acids is 1. The summed E-state index contributed by atoms with van der Waals surface area (Å²) in [4.78, 5) is 15.6. The predicted molar refractivity (Wildman–Crippen MR) is 93.6 cm³/mol. The Bertz CT molecular complexity index is 681. The second kappa shape index (κ2) is 7.58. The molecule has 1 N–H and O–H groups in total. The molecule has 1 amide bonds. The van der Waals surface area contributed by atoms with E-state index in [0.717, 1.165) is 5.69 Å². The highest BCUT2D eigenvalue weighted by Gasteiger charge is 2.40. The van der Waals surface area contributed by atoms with Crippen LogP contribution in [0.1, 0.15) is 42.5 Å². The maximum atomic E-state index is 11.2. The molecule has 2 aromatic rings. The van der Waals surface area contributed by atoms with Crippen LogP contribution in [-0.2, 0) is 21.6 Å². The number of benzene rings is 1. The van der Waals surface area contributed by atoms with Crippen LogP contribution < -0.4 is 5.32 Å². The van der Waals surface area contributed by atoms with Gasteiger partial charge in [0.15, 0.2) is 0 Å². The Balaban J connectivity index is 1.69. The normalized spacial score (nSPS) is 15.5. The second-order valence-corrected chi connectivity index (χ2v) is 6.31. The fourth-order valence-electron chi connectivity index (χ4n) is 3.35. The van der Waals surface area contributed by atoms with E-state index >= 15 is 0 Å². The molecule has 126 valence electrons. The van der Waals surface area contributed by atoms with Gasteiger partial charge < -0.3 is 10.1 Å². The summed E-state index contributed by atoms with van der Waals surface area (Å²) in [6.45, 7) is 0.852. The first-order valence-electron chi connectivity index (χ1n) is 8.54. The Morgan fingerprint density at radius 2 is 2.00 bits per heavy atom. The minimum absolute atomic E-state index is 0.00536. The second-order valence-electron chi connectivity index (χ2n) is 6.31. The van der Waals surface area contributed by atoms with E-state index in [1.807, 2.05) is 6.20 Å². The van der Waals surface area contributed by atoms with Crippen molar-refractivity contribution in [2.75, 3.05) is 13.7 Å². The molecule has 4 nitrogen and oxygen atoms in total. The van der Waals surface area contributed by atoms with Crippen molar-refractivity contribution in [3.05, 3.63) is 65.5 Å². The van der Waals surface area contributed by atoms with Crippen LogP contribution in [0.4, 0.5) is 0 Å². The van der Waals surface area contributed by atoms with Gasteiger partial charge in [-0.25, -0.2) is 0 Å². The molecule has 0 saturated heterocycles. The van der Waals surface area contributed by atoms with Crippen molar-refractivity contribution >= 4 is 5.91 Å². The maximum Gasteiger partial charge on any atom is 0.222 e. The van der Waals surface area contributed by atoms with E-state index in [4.69, 9.17) is 4.74 Å². The smallest absolute Gasteiger partial charge is 0.222 e. The third kappa shape index (κ3) is 3.49. The fourth-order valence-corrected chi connectivity index (χ4v) is 3.35. The number of hydrogen-bond donors (Lipinski definition) is 1. The van der Waals surface area contributed by atoms with E-state index in [1.54, 1.807) is 7.05 Å². The fraction of sp³-hybridized carbons (Fsp3) is 0.400. The quantitative estimate of drug-likeness (QED) is 0.796. The van der Waals surface area contributed by atoms with Gasteiger partial charge in [0.25, 0.3) is 0 Å². The molecular formula is C20H24N2O2.